The third-order valence-corrected chi connectivity index (χ3v) is 5.08. The second-order valence-corrected chi connectivity index (χ2v) is 7.23. The molecule has 0 saturated carbocycles. The zero-order chi connectivity index (χ0) is 12.4. The highest BCUT2D eigenvalue weighted by Gasteiger charge is 2.22. The topological polar surface area (TPSA) is 37.4 Å². The molecule has 0 bridgehead atoms. The van der Waals surface area contributed by atoms with E-state index in [0.717, 1.165) is 8.95 Å². The Morgan fingerprint density at radius 1 is 1.24 bits per heavy atom. The fraction of sp³-hybridized carbons (Fsp3) is 0.364. The summed E-state index contributed by atoms with van der Waals surface area (Å²) in [6.07, 6.45) is 0. The van der Waals surface area contributed by atoms with Crippen molar-refractivity contribution in [1.29, 1.82) is 0 Å². The largest absolute Gasteiger partial charge is 0.337 e. The predicted molar refractivity (Wildman–Crippen MR) is 75.6 cm³/mol. The zero-order valence-corrected chi connectivity index (χ0v) is 13.0. The van der Waals surface area contributed by atoms with Gasteiger partial charge in [-0.05, 0) is 34.1 Å². The normalized spacial score (nSPS) is 17.2. The second-order valence-electron chi connectivity index (χ2n) is 3.76. The van der Waals surface area contributed by atoms with Crippen LogP contribution in [0.25, 0.3) is 0 Å². The molecule has 1 aromatic rings. The number of rotatable bonds is 1. The van der Waals surface area contributed by atoms with Gasteiger partial charge in [0.05, 0.1) is 5.56 Å². The summed E-state index contributed by atoms with van der Waals surface area (Å²) in [5.41, 5.74) is 0.645. The Balaban J connectivity index is 2.19. The predicted octanol–water partition coefficient (Wildman–Crippen LogP) is 2.42. The minimum Gasteiger partial charge on any atom is -0.337 e. The van der Waals surface area contributed by atoms with Gasteiger partial charge in [-0.3, -0.25) is 9.00 Å². The first kappa shape index (κ1) is 13.2. The van der Waals surface area contributed by atoms with Crippen LogP contribution in [0, 0.1) is 0 Å². The highest BCUT2D eigenvalue weighted by Crippen LogP contribution is 2.23. The monoisotopic (exact) mass is 379 g/mol. The molecule has 1 fully saturated rings. The van der Waals surface area contributed by atoms with Gasteiger partial charge in [-0.1, -0.05) is 15.9 Å². The Morgan fingerprint density at radius 2 is 1.88 bits per heavy atom. The standard InChI is InChI=1S/C11H11Br2NO2S/c12-8-1-2-10(13)9(7-8)11(15)14-3-5-17(16)6-4-14/h1-2,7H,3-6H2. The Hall–Kier alpha value is -0.200. The van der Waals surface area contributed by atoms with Crippen LogP contribution in [-0.2, 0) is 10.8 Å². The summed E-state index contributed by atoms with van der Waals surface area (Å²) < 4.78 is 12.9. The molecule has 0 aliphatic carbocycles. The van der Waals surface area contributed by atoms with Gasteiger partial charge in [0.2, 0.25) is 0 Å². The lowest BCUT2D eigenvalue weighted by Crippen LogP contribution is -2.41. The molecule has 1 aliphatic rings. The summed E-state index contributed by atoms with van der Waals surface area (Å²) in [4.78, 5) is 14.0. The van der Waals surface area contributed by atoms with Crippen molar-refractivity contribution in [1.82, 2.24) is 4.90 Å². The van der Waals surface area contributed by atoms with Gasteiger partial charge < -0.3 is 4.90 Å². The van der Waals surface area contributed by atoms with Crippen LogP contribution >= 0.6 is 31.9 Å². The minimum atomic E-state index is -0.758. The van der Waals surface area contributed by atoms with Crippen molar-refractivity contribution in [2.24, 2.45) is 0 Å². The maximum Gasteiger partial charge on any atom is 0.255 e. The Morgan fingerprint density at radius 3 is 2.53 bits per heavy atom. The van der Waals surface area contributed by atoms with Crippen LogP contribution in [0.15, 0.2) is 27.1 Å². The van der Waals surface area contributed by atoms with E-state index in [2.05, 4.69) is 31.9 Å². The van der Waals surface area contributed by atoms with E-state index in [1.54, 1.807) is 11.0 Å². The first-order chi connectivity index (χ1) is 8.08. The van der Waals surface area contributed by atoms with Crippen LogP contribution in [0.5, 0.6) is 0 Å². The fourth-order valence-corrected chi connectivity index (χ4v) is 3.50. The molecule has 3 nitrogen and oxygen atoms in total. The highest BCUT2D eigenvalue weighted by atomic mass is 79.9. The van der Waals surface area contributed by atoms with Gasteiger partial charge in [0.1, 0.15) is 0 Å². The lowest BCUT2D eigenvalue weighted by Gasteiger charge is -2.26. The first-order valence-electron chi connectivity index (χ1n) is 5.17. The molecule has 1 aromatic carbocycles. The van der Waals surface area contributed by atoms with Crippen LogP contribution in [0.3, 0.4) is 0 Å². The molecule has 0 N–H and O–H groups in total. The third-order valence-electron chi connectivity index (χ3n) is 2.62. The number of carbonyl (C=O) groups is 1. The van der Waals surface area contributed by atoms with Crippen molar-refractivity contribution in [3.63, 3.8) is 0 Å². The summed E-state index contributed by atoms with van der Waals surface area (Å²) in [7, 11) is -0.758. The average Bonchev–Trinajstić information content (AvgIpc) is 2.32. The van der Waals surface area contributed by atoms with Gasteiger partial charge in [-0.25, -0.2) is 0 Å². The smallest absolute Gasteiger partial charge is 0.255 e. The molecule has 1 heterocycles. The molecule has 0 radical (unpaired) electrons. The molecule has 17 heavy (non-hydrogen) atoms. The Bertz CT molecular complexity index is 469. The molecular formula is C11H11Br2NO2S. The lowest BCUT2D eigenvalue weighted by molar-refractivity contribution is 0.0770. The van der Waals surface area contributed by atoms with E-state index in [1.165, 1.54) is 0 Å². The van der Waals surface area contributed by atoms with Gasteiger partial charge >= 0.3 is 0 Å². The molecular weight excluding hydrogens is 370 g/mol. The number of nitrogens with zero attached hydrogens (tertiary/aromatic N) is 1. The van der Waals surface area contributed by atoms with E-state index in [0.29, 0.717) is 30.2 Å². The maximum absolute atomic E-state index is 12.3. The summed E-state index contributed by atoms with van der Waals surface area (Å²) in [5.74, 6) is 1.16. The maximum atomic E-state index is 12.3. The Labute approximate surface area is 119 Å². The van der Waals surface area contributed by atoms with Crippen LogP contribution in [-0.4, -0.2) is 39.6 Å². The van der Waals surface area contributed by atoms with Gasteiger partial charge in [0.25, 0.3) is 5.91 Å². The molecule has 0 spiro atoms. The third kappa shape index (κ3) is 3.17. The van der Waals surface area contributed by atoms with E-state index in [1.807, 2.05) is 12.1 Å². The van der Waals surface area contributed by atoms with E-state index in [9.17, 15) is 9.00 Å². The van der Waals surface area contributed by atoms with Crippen molar-refractivity contribution in [2.75, 3.05) is 24.6 Å². The molecule has 0 aromatic heterocycles. The highest BCUT2D eigenvalue weighted by molar-refractivity contribution is 9.11. The average molecular weight is 381 g/mol. The summed E-state index contributed by atoms with van der Waals surface area (Å²) >= 11 is 6.74. The minimum absolute atomic E-state index is 0.00475. The van der Waals surface area contributed by atoms with Crippen molar-refractivity contribution in [2.45, 2.75) is 0 Å². The summed E-state index contributed by atoms with van der Waals surface area (Å²) in [6.45, 7) is 1.15. The first-order valence-corrected chi connectivity index (χ1v) is 8.24. The second kappa shape index (κ2) is 5.63. The molecule has 1 aliphatic heterocycles. The number of benzene rings is 1. The summed E-state index contributed by atoms with van der Waals surface area (Å²) in [5, 5.41) is 0. The lowest BCUT2D eigenvalue weighted by atomic mass is 10.2. The number of carbonyl (C=O) groups excluding carboxylic acids is 1. The zero-order valence-electron chi connectivity index (χ0n) is 8.99. The quantitative estimate of drug-likeness (QED) is 0.750. The number of hydrogen-bond acceptors (Lipinski definition) is 2. The van der Waals surface area contributed by atoms with Gasteiger partial charge in [0, 0.05) is 44.3 Å². The number of amides is 1. The van der Waals surface area contributed by atoms with Gasteiger partial charge in [-0.15, -0.1) is 0 Å². The van der Waals surface area contributed by atoms with Crippen molar-refractivity contribution >= 4 is 48.6 Å². The molecule has 1 amide bonds. The van der Waals surface area contributed by atoms with E-state index in [4.69, 9.17) is 0 Å². The molecule has 6 heteroatoms. The number of halogens is 2. The van der Waals surface area contributed by atoms with Crippen molar-refractivity contribution in [3.8, 4) is 0 Å². The molecule has 0 unspecified atom stereocenters. The van der Waals surface area contributed by atoms with Crippen molar-refractivity contribution in [3.05, 3.63) is 32.7 Å². The van der Waals surface area contributed by atoms with Crippen LogP contribution in [0.2, 0.25) is 0 Å². The van der Waals surface area contributed by atoms with E-state index in [-0.39, 0.29) is 5.91 Å². The molecule has 1 saturated heterocycles. The van der Waals surface area contributed by atoms with Crippen LogP contribution in [0.4, 0.5) is 0 Å². The fourth-order valence-electron chi connectivity index (χ4n) is 1.67. The van der Waals surface area contributed by atoms with E-state index < -0.39 is 10.8 Å². The summed E-state index contributed by atoms with van der Waals surface area (Å²) in [6, 6.07) is 5.53. The molecule has 92 valence electrons. The van der Waals surface area contributed by atoms with Crippen LogP contribution in [0.1, 0.15) is 10.4 Å². The molecule has 2 rings (SSSR count). The Kier molecular flexibility index (Phi) is 4.38. The van der Waals surface area contributed by atoms with Crippen molar-refractivity contribution < 1.29 is 9.00 Å². The number of hydrogen-bond donors (Lipinski definition) is 0. The van der Waals surface area contributed by atoms with Gasteiger partial charge in [-0.2, -0.15) is 0 Å². The van der Waals surface area contributed by atoms with Crippen LogP contribution < -0.4 is 0 Å². The van der Waals surface area contributed by atoms with E-state index >= 15 is 0 Å². The SMILES string of the molecule is O=C(c1cc(Br)ccc1Br)N1CCS(=O)CC1. The van der Waals surface area contributed by atoms with Gasteiger partial charge in [0.15, 0.2) is 0 Å². The molecule has 0 atom stereocenters.